The molecule has 0 aromatic heterocycles. The number of amides is 1. The van der Waals surface area contributed by atoms with E-state index in [1.807, 2.05) is 45.4 Å². The summed E-state index contributed by atoms with van der Waals surface area (Å²) in [6, 6.07) is 7.88. The summed E-state index contributed by atoms with van der Waals surface area (Å²) >= 11 is 1.49. The first-order valence-corrected chi connectivity index (χ1v) is 8.10. The second kappa shape index (κ2) is 11.2. The summed E-state index contributed by atoms with van der Waals surface area (Å²) in [4.78, 5) is 12.7. The summed E-state index contributed by atoms with van der Waals surface area (Å²) in [5.41, 5.74) is 6.85. The number of nitrogens with one attached hydrogen (secondary N) is 1. The number of rotatable bonds is 5. The predicted octanol–water partition coefficient (Wildman–Crippen LogP) is 2.87. The van der Waals surface area contributed by atoms with E-state index < -0.39 is 5.91 Å². The first-order valence-electron chi connectivity index (χ1n) is 7.33. The fourth-order valence-electron chi connectivity index (χ4n) is 1.93. The van der Waals surface area contributed by atoms with Crippen molar-refractivity contribution in [3.63, 3.8) is 0 Å². The van der Waals surface area contributed by atoms with Gasteiger partial charge >= 0.3 is 0 Å². The number of ether oxygens (including phenoxy) is 1. The lowest BCUT2D eigenvalue weighted by molar-refractivity contribution is -0.115. The Morgan fingerprint density at radius 2 is 1.96 bits per heavy atom. The van der Waals surface area contributed by atoms with E-state index in [0.29, 0.717) is 18.1 Å². The smallest absolute Gasteiger partial charge is 0.269 e. The van der Waals surface area contributed by atoms with E-state index in [0.717, 1.165) is 23.3 Å². The molecule has 0 bridgehead atoms. The fourth-order valence-corrected chi connectivity index (χ4v) is 2.89. The van der Waals surface area contributed by atoms with Crippen LogP contribution in [0.2, 0.25) is 0 Å². The van der Waals surface area contributed by atoms with Crippen LogP contribution in [0.3, 0.4) is 0 Å². The molecule has 1 heterocycles. The second-order valence-electron chi connectivity index (χ2n) is 4.83. The Hall–Kier alpha value is -1.37. The number of halogens is 1. The van der Waals surface area contributed by atoms with Gasteiger partial charge in [0.05, 0.1) is 6.61 Å². The third-order valence-electron chi connectivity index (χ3n) is 2.87. The minimum absolute atomic E-state index is 0. The molecule has 0 radical (unpaired) electrons. The molecule has 0 spiro atoms. The van der Waals surface area contributed by atoms with Crippen LogP contribution in [0.15, 0.2) is 34.9 Å². The zero-order chi connectivity index (χ0) is 16.5. The maximum Gasteiger partial charge on any atom is 0.269 e. The third kappa shape index (κ3) is 5.97. The van der Waals surface area contributed by atoms with E-state index in [2.05, 4.69) is 12.2 Å². The number of carbonyl (C=O) groups is 1. The number of fused-ring (bicyclic) bond motifs is 1. The molecule has 5 nitrogen and oxygen atoms in total. The highest BCUT2D eigenvalue weighted by Crippen LogP contribution is 2.40. The van der Waals surface area contributed by atoms with Crippen molar-refractivity contribution in [2.75, 3.05) is 27.7 Å². The average Bonchev–Trinajstić information content (AvgIpc) is 2.47. The number of benzene rings is 1. The summed E-state index contributed by atoms with van der Waals surface area (Å²) in [5.74, 6) is 0.133. The Morgan fingerprint density at radius 1 is 1.35 bits per heavy atom. The number of nitrogens with zero attached hydrogens (tertiary/aromatic N) is 1. The Balaban J connectivity index is 0.00000112. The molecule has 1 amide bonds. The van der Waals surface area contributed by atoms with Crippen LogP contribution in [0.25, 0.3) is 5.76 Å². The molecule has 0 fully saturated rings. The molecular formula is C16H26ClN3O2S. The highest BCUT2D eigenvalue weighted by atomic mass is 35.5. The maximum atomic E-state index is 11.6. The van der Waals surface area contributed by atoms with Crippen LogP contribution in [-0.2, 0) is 9.53 Å². The summed E-state index contributed by atoms with van der Waals surface area (Å²) in [5, 5.41) is 2.75. The Labute approximate surface area is 149 Å². The number of hydrogen-bond donors (Lipinski definition) is 2. The van der Waals surface area contributed by atoms with Gasteiger partial charge in [-0.05, 0) is 44.6 Å². The van der Waals surface area contributed by atoms with Crippen LogP contribution in [-0.4, -0.2) is 38.0 Å². The molecule has 130 valence electrons. The number of hydrogen-bond acceptors (Lipinski definition) is 5. The predicted molar refractivity (Wildman–Crippen MR) is 99.3 cm³/mol. The molecule has 0 saturated heterocycles. The van der Waals surface area contributed by atoms with Crippen molar-refractivity contribution in [3.05, 3.63) is 35.5 Å². The summed E-state index contributed by atoms with van der Waals surface area (Å²) in [7, 11) is 5.57. The van der Waals surface area contributed by atoms with Crippen LogP contribution in [0.1, 0.15) is 25.3 Å². The summed E-state index contributed by atoms with van der Waals surface area (Å²) in [6.07, 6.45) is 2.00. The van der Waals surface area contributed by atoms with Crippen molar-refractivity contribution in [1.82, 2.24) is 9.62 Å². The highest BCUT2D eigenvalue weighted by Gasteiger charge is 2.28. The molecule has 0 unspecified atom stereocenters. The number of nitrogens with two attached hydrogens (primary N) is 1. The SMILES string of the molecule is CCCCOC1=C(C(N)=O)N(C)Sc2ccccc21.CNC.Cl. The minimum Gasteiger partial charge on any atom is -0.490 e. The van der Waals surface area contributed by atoms with Gasteiger partial charge in [0, 0.05) is 17.5 Å². The zero-order valence-corrected chi connectivity index (χ0v) is 15.7. The molecule has 1 aliphatic heterocycles. The molecule has 1 aliphatic rings. The molecule has 7 heteroatoms. The quantitative estimate of drug-likeness (QED) is 0.625. The maximum absolute atomic E-state index is 11.6. The molecule has 2 rings (SSSR count). The van der Waals surface area contributed by atoms with Gasteiger partial charge in [-0.3, -0.25) is 4.79 Å². The van der Waals surface area contributed by atoms with Gasteiger partial charge < -0.3 is 20.1 Å². The summed E-state index contributed by atoms with van der Waals surface area (Å²) in [6.45, 7) is 2.69. The Kier molecular flexibility index (Phi) is 10.5. The number of likely N-dealkylation sites (N-methyl/N-ethyl adjacent to an activating group) is 1. The van der Waals surface area contributed by atoms with Gasteiger partial charge in [0.1, 0.15) is 0 Å². The first-order chi connectivity index (χ1) is 10.6. The lowest BCUT2D eigenvalue weighted by atomic mass is 10.1. The monoisotopic (exact) mass is 359 g/mol. The van der Waals surface area contributed by atoms with Crippen molar-refractivity contribution in [2.45, 2.75) is 24.7 Å². The number of primary amides is 1. The van der Waals surface area contributed by atoms with Crippen molar-refractivity contribution in [1.29, 1.82) is 0 Å². The van der Waals surface area contributed by atoms with E-state index in [9.17, 15) is 4.79 Å². The van der Waals surface area contributed by atoms with Crippen molar-refractivity contribution >= 4 is 36.0 Å². The van der Waals surface area contributed by atoms with E-state index >= 15 is 0 Å². The molecule has 3 N–H and O–H groups in total. The van der Waals surface area contributed by atoms with Crippen LogP contribution >= 0.6 is 24.4 Å². The molecule has 0 atom stereocenters. The lowest BCUT2D eigenvalue weighted by Gasteiger charge is -2.28. The summed E-state index contributed by atoms with van der Waals surface area (Å²) < 4.78 is 7.59. The zero-order valence-electron chi connectivity index (χ0n) is 14.1. The molecule has 23 heavy (non-hydrogen) atoms. The van der Waals surface area contributed by atoms with Gasteiger partial charge in [0.15, 0.2) is 11.5 Å². The van der Waals surface area contributed by atoms with Crippen LogP contribution < -0.4 is 11.1 Å². The number of carbonyl (C=O) groups excluding carboxylic acids is 1. The van der Waals surface area contributed by atoms with E-state index in [1.54, 1.807) is 4.31 Å². The standard InChI is InChI=1S/C14H18N2O2S.C2H7N.ClH/c1-3-4-9-18-13-10-7-5-6-8-11(10)19-16(2)12(13)14(15)17;1-3-2;/h5-8H,3-4,9H2,1-2H3,(H2,15,17);3H,1-2H3;1H. The van der Waals surface area contributed by atoms with Gasteiger partial charge in [0.25, 0.3) is 5.91 Å². The molecular weight excluding hydrogens is 334 g/mol. The largest absolute Gasteiger partial charge is 0.490 e. The van der Waals surface area contributed by atoms with Crippen molar-refractivity contribution in [3.8, 4) is 0 Å². The Morgan fingerprint density at radius 3 is 2.52 bits per heavy atom. The first kappa shape index (κ1) is 21.6. The lowest BCUT2D eigenvalue weighted by Crippen LogP contribution is -2.28. The number of unbranched alkanes of at least 4 members (excludes halogenated alkanes) is 1. The molecule has 1 aromatic rings. The van der Waals surface area contributed by atoms with E-state index in [1.165, 1.54) is 11.9 Å². The van der Waals surface area contributed by atoms with Crippen molar-refractivity contribution in [2.24, 2.45) is 5.73 Å². The van der Waals surface area contributed by atoms with Gasteiger partial charge in [-0.25, -0.2) is 0 Å². The van der Waals surface area contributed by atoms with Crippen LogP contribution in [0.4, 0.5) is 0 Å². The fraction of sp³-hybridized carbons (Fsp3) is 0.438. The van der Waals surface area contributed by atoms with Crippen molar-refractivity contribution < 1.29 is 9.53 Å². The highest BCUT2D eigenvalue weighted by molar-refractivity contribution is 7.97. The van der Waals surface area contributed by atoms with Gasteiger partial charge in [0.2, 0.25) is 0 Å². The van der Waals surface area contributed by atoms with Gasteiger partial charge in [-0.1, -0.05) is 25.5 Å². The van der Waals surface area contributed by atoms with Gasteiger partial charge in [-0.15, -0.1) is 12.4 Å². The van der Waals surface area contributed by atoms with Crippen LogP contribution in [0, 0.1) is 0 Å². The minimum atomic E-state index is -0.462. The average molecular weight is 360 g/mol. The Bertz CT molecular complexity index is 538. The molecule has 0 saturated carbocycles. The van der Waals surface area contributed by atoms with Crippen LogP contribution in [0.5, 0.6) is 0 Å². The van der Waals surface area contributed by atoms with E-state index in [4.69, 9.17) is 10.5 Å². The van der Waals surface area contributed by atoms with Gasteiger partial charge in [-0.2, -0.15) is 0 Å². The normalized spacial score (nSPS) is 12.6. The molecule has 0 aliphatic carbocycles. The molecule has 1 aromatic carbocycles. The second-order valence-corrected chi connectivity index (χ2v) is 6.00. The third-order valence-corrected chi connectivity index (χ3v) is 3.88. The van der Waals surface area contributed by atoms with E-state index in [-0.39, 0.29) is 12.4 Å². The topological polar surface area (TPSA) is 67.6 Å².